The summed E-state index contributed by atoms with van der Waals surface area (Å²) in [7, 11) is 1.32. The van der Waals surface area contributed by atoms with Gasteiger partial charge in [0.25, 0.3) is 17.7 Å². The summed E-state index contributed by atoms with van der Waals surface area (Å²) in [5.74, 6) is -1.49. The number of ether oxygens (including phenoxy) is 1. The highest BCUT2D eigenvalue weighted by atomic mass is 79.9. The zero-order chi connectivity index (χ0) is 24.7. The Hall–Kier alpha value is -2.97. The van der Waals surface area contributed by atoms with E-state index in [1.807, 2.05) is 29.2 Å². The van der Waals surface area contributed by atoms with Crippen LogP contribution in [-0.2, 0) is 5.41 Å². The second-order valence-corrected chi connectivity index (χ2v) is 10.2. The summed E-state index contributed by atoms with van der Waals surface area (Å²) < 4.78 is 20.6. The zero-order valence-corrected chi connectivity index (χ0v) is 21.3. The number of hydrogen-bond donors (Lipinski definition) is 0. The van der Waals surface area contributed by atoms with Crippen LogP contribution in [0.2, 0.25) is 5.02 Å². The van der Waals surface area contributed by atoms with Gasteiger partial charge in [0.1, 0.15) is 0 Å². The van der Waals surface area contributed by atoms with Crippen molar-refractivity contribution in [3.63, 3.8) is 0 Å². The number of fused-ring (bicyclic) bond motifs is 2. The van der Waals surface area contributed by atoms with Crippen LogP contribution in [0.25, 0.3) is 0 Å². The largest absolute Gasteiger partial charge is 0.479 e. The lowest BCUT2D eigenvalue weighted by molar-refractivity contribution is 0.0670. The fraction of sp³-hybridized carbons (Fsp3) is 0.269. The summed E-state index contributed by atoms with van der Waals surface area (Å²) >= 11 is 9.53. The molecule has 2 aliphatic heterocycles. The van der Waals surface area contributed by atoms with E-state index in [4.69, 9.17) is 16.3 Å². The minimum absolute atomic E-state index is 0.0757. The molecule has 2 amide bonds. The molecule has 2 aromatic carbocycles. The first kappa shape index (κ1) is 23.8. The van der Waals surface area contributed by atoms with Gasteiger partial charge < -0.3 is 14.5 Å². The van der Waals surface area contributed by atoms with Crippen LogP contribution in [0.4, 0.5) is 10.1 Å². The second-order valence-electron chi connectivity index (χ2n) is 8.82. The van der Waals surface area contributed by atoms with Gasteiger partial charge in [-0.05, 0) is 48.7 Å². The highest BCUT2D eigenvalue weighted by Crippen LogP contribution is 2.47. The quantitative estimate of drug-likeness (QED) is 0.427. The van der Waals surface area contributed by atoms with Crippen LogP contribution < -0.4 is 9.64 Å². The monoisotopic (exact) mass is 557 g/mol. The Kier molecular flexibility index (Phi) is 6.27. The number of para-hydroxylation sites is 1. The average Bonchev–Trinajstić information content (AvgIpc) is 3.17. The molecular formula is C26H22BrClFN3O3. The molecule has 0 saturated carbocycles. The number of pyridine rings is 1. The number of aromatic nitrogens is 1. The first-order valence-electron chi connectivity index (χ1n) is 11.2. The number of hydrogen-bond acceptors (Lipinski definition) is 4. The van der Waals surface area contributed by atoms with Crippen molar-refractivity contribution in [2.75, 3.05) is 31.6 Å². The van der Waals surface area contributed by atoms with Gasteiger partial charge in [0.05, 0.1) is 12.7 Å². The van der Waals surface area contributed by atoms with Crippen molar-refractivity contribution in [2.45, 2.75) is 18.3 Å². The number of amides is 2. The van der Waals surface area contributed by atoms with Gasteiger partial charge in [-0.15, -0.1) is 0 Å². The van der Waals surface area contributed by atoms with E-state index in [2.05, 4.69) is 20.9 Å². The molecule has 0 N–H and O–H groups in total. The van der Waals surface area contributed by atoms with E-state index in [1.165, 1.54) is 19.4 Å². The Labute approximate surface area is 215 Å². The fourth-order valence-electron chi connectivity index (χ4n) is 5.11. The van der Waals surface area contributed by atoms with Gasteiger partial charge in [-0.3, -0.25) is 9.59 Å². The first-order valence-corrected chi connectivity index (χ1v) is 12.4. The molecule has 0 unspecified atom stereocenters. The number of likely N-dealkylation sites (tertiary alicyclic amines) is 1. The van der Waals surface area contributed by atoms with Crippen LogP contribution in [0.5, 0.6) is 5.88 Å². The van der Waals surface area contributed by atoms with E-state index < -0.39 is 11.7 Å². The van der Waals surface area contributed by atoms with Crippen molar-refractivity contribution >= 4 is 45.0 Å². The SMILES string of the molecule is COc1nccc(C(=O)N2CC3(CCN(C(=O)c4cc(Cl)cc(Br)c4)CC3)c3ccccc32)c1F. The first-order chi connectivity index (χ1) is 16.8. The summed E-state index contributed by atoms with van der Waals surface area (Å²) in [4.78, 5) is 33.9. The Morgan fingerprint density at radius 1 is 1.11 bits per heavy atom. The molecule has 9 heteroatoms. The third kappa shape index (κ3) is 4.19. The van der Waals surface area contributed by atoms with Crippen LogP contribution in [-0.4, -0.2) is 48.4 Å². The summed E-state index contributed by atoms with van der Waals surface area (Å²) in [5.41, 5.74) is 1.96. The molecular weight excluding hydrogens is 537 g/mol. The van der Waals surface area contributed by atoms with Gasteiger partial charge in [-0.1, -0.05) is 45.7 Å². The molecule has 0 atom stereocenters. The molecule has 3 heterocycles. The van der Waals surface area contributed by atoms with E-state index in [1.54, 1.807) is 23.1 Å². The number of piperidine rings is 1. The molecule has 1 saturated heterocycles. The van der Waals surface area contributed by atoms with Gasteiger partial charge in [0.2, 0.25) is 0 Å². The number of halogens is 3. The van der Waals surface area contributed by atoms with Gasteiger partial charge in [0, 0.05) is 52.0 Å². The molecule has 35 heavy (non-hydrogen) atoms. The molecule has 3 aromatic rings. The Bertz CT molecular complexity index is 1310. The number of nitrogens with zero attached hydrogens (tertiary/aromatic N) is 3. The number of rotatable bonds is 3. The lowest BCUT2D eigenvalue weighted by Gasteiger charge is -2.40. The number of carbonyl (C=O) groups is 2. The molecule has 1 aromatic heterocycles. The summed E-state index contributed by atoms with van der Waals surface area (Å²) in [6.07, 6.45) is 2.73. The van der Waals surface area contributed by atoms with E-state index in [-0.39, 0.29) is 22.8 Å². The Morgan fingerprint density at radius 3 is 2.57 bits per heavy atom. The van der Waals surface area contributed by atoms with Crippen LogP contribution in [0.15, 0.2) is 59.2 Å². The van der Waals surface area contributed by atoms with Gasteiger partial charge in [-0.25, -0.2) is 9.37 Å². The van der Waals surface area contributed by atoms with Crippen molar-refractivity contribution in [2.24, 2.45) is 0 Å². The number of methoxy groups -OCH3 is 1. The normalized spacial score (nSPS) is 16.3. The van der Waals surface area contributed by atoms with Gasteiger partial charge >= 0.3 is 0 Å². The third-order valence-corrected chi connectivity index (χ3v) is 7.55. The second kappa shape index (κ2) is 9.24. The zero-order valence-electron chi connectivity index (χ0n) is 18.9. The van der Waals surface area contributed by atoms with Crippen molar-refractivity contribution < 1.29 is 18.7 Å². The van der Waals surface area contributed by atoms with Gasteiger partial charge in [-0.2, -0.15) is 0 Å². The summed E-state index contributed by atoms with van der Waals surface area (Å²) in [6, 6.07) is 14.3. The van der Waals surface area contributed by atoms with Crippen LogP contribution >= 0.6 is 27.5 Å². The summed E-state index contributed by atoms with van der Waals surface area (Å²) in [6.45, 7) is 1.49. The smallest absolute Gasteiger partial charge is 0.261 e. The summed E-state index contributed by atoms with van der Waals surface area (Å²) in [5, 5.41) is 0.495. The number of anilines is 1. The van der Waals surface area contributed by atoms with Crippen LogP contribution in [0.1, 0.15) is 39.1 Å². The molecule has 2 aliphatic rings. The highest BCUT2D eigenvalue weighted by molar-refractivity contribution is 9.10. The molecule has 0 radical (unpaired) electrons. The van der Waals surface area contributed by atoms with Crippen molar-refractivity contribution in [3.05, 3.63) is 86.7 Å². The molecule has 6 nitrogen and oxygen atoms in total. The average molecular weight is 559 g/mol. The van der Waals surface area contributed by atoms with E-state index in [0.29, 0.717) is 43.1 Å². The van der Waals surface area contributed by atoms with Crippen molar-refractivity contribution in [1.29, 1.82) is 0 Å². The van der Waals surface area contributed by atoms with Crippen LogP contribution in [0.3, 0.4) is 0 Å². The van der Waals surface area contributed by atoms with E-state index >= 15 is 0 Å². The minimum Gasteiger partial charge on any atom is -0.479 e. The number of carbonyl (C=O) groups excluding carboxylic acids is 2. The lowest BCUT2D eigenvalue weighted by atomic mass is 9.74. The van der Waals surface area contributed by atoms with E-state index in [9.17, 15) is 14.0 Å². The van der Waals surface area contributed by atoms with Crippen LogP contribution in [0, 0.1) is 5.82 Å². The maximum atomic E-state index is 14.9. The molecule has 0 aliphatic carbocycles. The topological polar surface area (TPSA) is 62.7 Å². The Balaban J connectivity index is 1.40. The minimum atomic E-state index is -0.772. The maximum Gasteiger partial charge on any atom is 0.261 e. The van der Waals surface area contributed by atoms with E-state index in [0.717, 1.165) is 15.7 Å². The standard InChI is InChI=1S/C26H22BrClFN3O3/c1-35-23-22(29)19(6-9-30-23)25(34)32-15-26(20-4-2-3-5-21(20)32)7-10-31(11-8-26)24(33)16-12-17(27)14-18(28)13-16/h2-6,9,12-14H,7-8,10-11,15H2,1H3. The maximum absolute atomic E-state index is 14.9. The fourth-order valence-corrected chi connectivity index (χ4v) is 5.97. The molecule has 0 bridgehead atoms. The Morgan fingerprint density at radius 2 is 1.86 bits per heavy atom. The lowest BCUT2D eigenvalue weighted by Crippen LogP contribution is -2.48. The third-order valence-electron chi connectivity index (χ3n) is 6.87. The van der Waals surface area contributed by atoms with Crippen molar-refractivity contribution in [1.82, 2.24) is 9.88 Å². The molecule has 1 fully saturated rings. The van der Waals surface area contributed by atoms with Gasteiger partial charge in [0.15, 0.2) is 5.82 Å². The predicted octanol–water partition coefficient (Wildman–Crippen LogP) is 5.48. The molecule has 180 valence electrons. The highest BCUT2D eigenvalue weighted by Gasteiger charge is 2.47. The number of benzene rings is 2. The molecule has 5 rings (SSSR count). The molecule has 1 spiro atoms. The van der Waals surface area contributed by atoms with Crippen molar-refractivity contribution in [3.8, 4) is 5.88 Å². The predicted molar refractivity (Wildman–Crippen MR) is 135 cm³/mol.